The fraction of sp³-hybridized carbons (Fsp3) is 0.667. The third-order valence-corrected chi connectivity index (χ3v) is 3.26. The van der Waals surface area contributed by atoms with Gasteiger partial charge in [-0.25, -0.2) is 4.98 Å². The standard InChI is InChI=1S/C15H26N4O2/c1-4-6-7-8-9-12(3)17-15-11-13(19(20)21)10-14(18-15)16-5-2/h10-12H,4-9H2,1-3H3,(H2,16,17,18). The highest BCUT2D eigenvalue weighted by Crippen LogP contribution is 2.21. The van der Waals surface area contributed by atoms with Crippen molar-refractivity contribution >= 4 is 17.3 Å². The third-order valence-electron chi connectivity index (χ3n) is 3.26. The number of unbranched alkanes of at least 4 members (excludes halogenated alkanes) is 3. The van der Waals surface area contributed by atoms with Crippen LogP contribution in [0.2, 0.25) is 0 Å². The van der Waals surface area contributed by atoms with E-state index in [1.807, 2.05) is 6.92 Å². The summed E-state index contributed by atoms with van der Waals surface area (Å²) in [6, 6.07) is 3.20. The van der Waals surface area contributed by atoms with Gasteiger partial charge in [-0.15, -0.1) is 0 Å². The predicted molar refractivity (Wildman–Crippen MR) is 86.9 cm³/mol. The molecule has 0 fully saturated rings. The van der Waals surface area contributed by atoms with E-state index in [0.29, 0.717) is 18.2 Å². The van der Waals surface area contributed by atoms with Gasteiger partial charge in [0.1, 0.15) is 11.6 Å². The molecule has 6 nitrogen and oxygen atoms in total. The average Bonchev–Trinajstić information content (AvgIpc) is 2.43. The number of nitrogens with one attached hydrogen (secondary N) is 2. The Labute approximate surface area is 126 Å². The summed E-state index contributed by atoms with van der Waals surface area (Å²) in [6.45, 7) is 6.89. The van der Waals surface area contributed by atoms with Crippen LogP contribution < -0.4 is 10.6 Å². The van der Waals surface area contributed by atoms with Crippen molar-refractivity contribution in [1.82, 2.24) is 4.98 Å². The molecule has 0 radical (unpaired) electrons. The SMILES string of the molecule is CCCCCCC(C)Nc1cc([N+](=O)[O-])cc(NCC)n1. The fourth-order valence-corrected chi connectivity index (χ4v) is 2.17. The first kappa shape index (κ1) is 17.2. The van der Waals surface area contributed by atoms with Gasteiger partial charge in [0, 0.05) is 12.6 Å². The van der Waals surface area contributed by atoms with Crippen LogP contribution in [0.25, 0.3) is 0 Å². The van der Waals surface area contributed by atoms with E-state index in [1.165, 1.54) is 31.4 Å². The van der Waals surface area contributed by atoms with Crippen LogP contribution in [0, 0.1) is 10.1 Å². The predicted octanol–water partition coefficient (Wildman–Crippen LogP) is 4.19. The smallest absolute Gasteiger partial charge is 0.276 e. The molecule has 2 N–H and O–H groups in total. The van der Waals surface area contributed by atoms with Crippen LogP contribution in [-0.2, 0) is 0 Å². The Bertz CT molecular complexity index is 451. The first-order valence-corrected chi connectivity index (χ1v) is 7.73. The van der Waals surface area contributed by atoms with E-state index in [-0.39, 0.29) is 16.7 Å². The van der Waals surface area contributed by atoms with E-state index >= 15 is 0 Å². The van der Waals surface area contributed by atoms with Gasteiger partial charge in [0.2, 0.25) is 0 Å². The van der Waals surface area contributed by atoms with Crippen molar-refractivity contribution in [3.05, 3.63) is 22.2 Å². The van der Waals surface area contributed by atoms with E-state index in [1.54, 1.807) is 0 Å². The largest absolute Gasteiger partial charge is 0.370 e. The van der Waals surface area contributed by atoms with Crippen LogP contribution in [0.15, 0.2) is 12.1 Å². The monoisotopic (exact) mass is 294 g/mol. The maximum absolute atomic E-state index is 11.0. The maximum Gasteiger partial charge on any atom is 0.276 e. The van der Waals surface area contributed by atoms with Crippen molar-refractivity contribution in [1.29, 1.82) is 0 Å². The molecule has 1 aromatic rings. The number of hydrogen-bond acceptors (Lipinski definition) is 5. The molecule has 0 aliphatic rings. The molecule has 0 aliphatic carbocycles. The molecule has 0 saturated heterocycles. The summed E-state index contributed by atoms with van der Waals surface area (Å²) in [6.07, 6.45) is 5.91. The second-order valence-corrected chi connectivity index (χ2v) is 5.28. The lowest BCUT2D eigenvalue weighted by molar-refractivity contribution is -0.384. The Morgan fingerprint density at radius 3 is 2.57 bits per heavy atom. The minimum absolute atomic E-state index is 0.0571. The maximum atomic E-state index is 11.0. The van der Waals surface area contributed by atoms with E-state index < -0.39 is 0 Å². The molecule has 1 atom stereocenters. The Morgan fingerprint density at radius 1 is 1.24 bits per heavy atom. The van der Waals surface area contributed by atoms with Gasteiger partial charge < -0.3 is 10.6 Å². The lowest BCUT2D eigenvalue weighted by Gasteiger charge is -2.15. The molecular formula is C15H26N4O2. The Kier molecular flexibility index (Phi) is 7.50. The number of anilines is 2. The minimum atomic E-state index is -0.389. The molecule has 0 aliphatic heterocycles. The van der Waals surface area contributed by atoms with Gasteiger partial charge in [0.05, 0.1) is 17.1 Å². The van der Waals surface area contributed by atoms with Crippen LogP contribution in [0.3, 0.4) is 0 Å². The number of pyridine rings is 1. The van der Waals surface area contributed by atoms with Crippen molar-refractivity contribution in [2.45, 2.75) is 58.9 Å². The molecule has 6 heteroatoms. The van der Waals surface area contributed by atoms with Gasteiger partial charge >= 0.3 is 0 Å². The highest BCUT2D eigenvalue weighted by molar-refractivity contribution is 5.54. The van der Waals surface area contributed by atoms with Gasteiger partial charge in [0.25, 0.3) is 5.69 Å². The summed E-state index contributed by atoms with van der Waals surface area (Å²) >= 11 is 0. The summed E-state index contributed by atoms with van der Waals surface area (Å²) < 4.78 is 0. The van der Waals surface area contributed by atoms with E-state index in [4.69, 9.17) is 0 Å². The zero-order chi connectivity index (χ0) is 15.7. The zero-order valence-corrected chi connectivity index (χ0v) is 13.2. The second-order valence-electron chi connectivity index (χ2n) is 5.28. The van der Waals surface area contributed by atoms with Gasteiger partial charge in [-0.3, -0.25) is 10.1 Å². The Morgan fingerprint density at radius 2 is 1.95 bits per heavy atom. The Balaban J connectivity index is 2.65. The normalized spacial score (nSPS) is 12.0. The number of rotatable bonds is 10. The van der Waals surface area contributed by atoms with Gasteiger partial charge in [-0.05, 0) is 20.3 Å². The number of nitrogens with zero attached hydrogens (tertiary/aromatic N) is 2. The van der Waals surface area contributed by atoms with Crippen LogP contribution in [0.4, 0.5) is 17.3 Å². The molecule has 1 aromatic heterocycles. The highest BCUT2D eigenvalue weighted by Gasteiger charge is 2.12. The average molecular weight is 294 g/mol. The molecule has 1 unspecified atom stereocenters. The molecule has 1 rings (SSSR count). The van der Waals surface area contributed by atoms with Crippen molar-refractivity contribution in [2.24, 2.45) is 0 Å². The number of nitro groups is 1. The second kappa shape index (κ2) is 9.15. The molecule has 21 heavy (non-hydrogen) atoms. The van der Waals surface area contributed by atoms with Crippen molar-refractivity contribution in [3.63, 3.8) is 0 Å². The zero-order valence-electron chi connectivity index (χ0n) is 13.2. The van der Waals surface area contributed by atoms with Crippen molar-refractivity contribution < 1.29 is 4.92 Å². The van der Waals surface area contributed by atoms with Crippen molar-refractivity contribution in [3.8, 4) is 0 Å². The quantitative estimate of drug-likeness (QED) is 0.384. The molecule has 0 amide bonds. The van der Waals surface area contributed by atoms with E-state index in [2.05, 4.69) is 29.5 Å². The Hall–Kier alpha value is -1.85. The molecule has 0 spiro atoms. The van der Waals surface area contributed by atoms with Crippen LogP contribution in [0.1, 0.15) is 52.9 Å². The highest BCUT2D eigenvalue weighted by atomic mass is 16.6. The number of aromatic nitrogens is 1. The molecule has 0 aromatic carbocycles. The molecule has 0 bridgehead atoms. The molecule has 0 saturated carbocycles. The van der Waals surface area contributed by atoms with Gasteiger partial charge in [-0.2, -0.15) is 0 Å². The fourth-order valence-electron chi connectivity index (χ4n) is 2.17. The topological polar surface area (TPSA) is 80.1 Å². The lowest BCUT2D eigenvalue weighted by atomic mass is 10.1. The molecular weight excluding hydrogens is 268 g/mol. The van der Waals surface area contributed by atoms with Crippen LogP contribution in [0.5, 0.6) is 0 Å². The van der Waals surface area contributed by atoms with Crippen molar-refractivity contribution in [2.75, 3.05) is 17.2 Å². The summed E-state index contributed by atoms with van der Waals surface area (Å²) in [4.78, 5) is 14.9. The number of hydrogen-bond donors (Lipinski definition) is 2. The van der Waals surface area contributed by atoms with E-state index in [9.17, 15) is 10.1 Å². The van der Waals surface area contributed by atoms with Crippen LogP contribution in [-0.4, -0.2) is 22.5 Å². The van der Waals surface area contributed by atoms with E-state index in [0.717, 1.165) is 12.8 Å². The summed E-state index contributed by atoms with van der Waals surface area (Å²) in [5.41, 5.74) is 0.0571. The first-order valence-electron chi connectivity index (χ1n) is 7.73. The first-order chi connectivity index (χ1) is 10.1. The molecule has 118 valence electrons. The van der Waals surface area contributed by atoms with Gasteiger partial charge in [-0.1, -0.05) is 32.6 Å². The van der Waals surface area contributed by atoms with Crippen LogP contribution >= 0.6 is 0 Å². The summed E-state index contributed by atoms with van der Waals surface area (Å²) in [5, 5.41) is 17.2. The lowest BCUT2D eigenvalue weighted by Crippen LogP contribution is -2.16. The summed E-state index contributed by atoms with van der Waals surface area (Å²) in [5.74, 6) is 1.09. The van der Waals surface area contributed by atoms with Gasteiger partial charge in [0.15, 0.2) is 0 Å². The third kappa shape index (κ3) is 6.42. The molecule has 1 heterocycles. The minimum Gasteiger partial charge on any atom is -0.370 e. The summed E-state index contributed by atoms with van der Waals surface area (Å²) in [7, 11) is 0.